The van der Waals surface area contributed by atoms with Crippen LogP contribution < -0.4 is 15.4 Å². The number of carbonyl (C=O) groups excluding carboxylic acids is 1. The average Bonchev–Trinajstić information content (AvgIpc) is 2.64. The molecule has 0 spiro atoms. The normalized spacial score (nSPS) is 20.1. The number of morpholine rings is 1. The van der Waals surface area contributed by atoms with Gasteiger partial charge in [-0.25, -0.2) is 0 Å². The van der Waals surface area contributed by atoms with Gasteiger partial charge in [-0.15, -0.1) is 0 Å². The van der Waals surface area contributed by atoms with Gasteiger partial charge in [0.15, 0.2) is 0 Å². The van der Waals surface area contributed by atoms with Crippen molar-refractivity contribution in [3.8, 4) is 5.75 Å². The molecule has 0 aliphatic carbocycles. The summed E-state index contributed by atoms with van der Waals surface area (Å²) in [5.41, 5.74) is 2.44. The van der Waals surface area contributed by atoms with Crippen molar-refractivity contribution in [3.63, 3.8) is 0 Å². The van der Waals surface area contributed by atoms with Crippen molar-refractivity contribution in [2.24, 2.45) is 0 Å². The Hall–Kier alpha value is -2.37. The minimum atomic E-state index is -0.133. The maximum Gasteiger partial charge on any atom is 0.255 e. The Balaban J connectivity index is 1.62. The lowest BCUT2D eigenvalue weighted by molar-refractivity contribution is -0.0287. The summed E-state index contributed by atoms with van der Waals surface area (Å²) in [6.07, 6.45) is 0.230. The Morgan fingerprint density at radius 2 is 1.88 bits per heavy atom. The summed E-state index contributed by atoms with van der Waals surface area (Å²) < 4.78 is 11.3. The predicted molar refractivity (Wildman–Crippen MR) is 98.2 cm³/mol. The minimum absolute atomic E-state index is 0.0342. The molecule has 5 heteroatoms. The van der Waals surface area contributed by atoms with Crippen molar-refractivity contribution < 1.29 is 14.3 Å². The number of nitrogens with one attached hydrogen (secondary N) is 2. The number of amides is 1. The van der Waals surface area contributed by atoms with Crippen molar-refractivity contribution in [2.45, 2.75) is 26.1 Å². The highest BCUT2D eigenvalue weighted by Gasteiger charge is 2.20. The zero-order valence-corrected chi connectivity index (χ0v) is 14.6. The molecule has 2 aromatic carbocycles. The quantitative estimate of drug-likeness (QED) is 0.876. The van der Waals surface area contributed by atoms with E-state index in [0.29, 0.717) is 12.2 Å². The monoisotopic (exact) mass is 340 g/mol. The summed E-state index contributed by atoms with van der Waals surface area (Å²) in [5, 5.41) is 6.25. The van der Waals surface area contributed by atoms with Gasteiger partial charge in [-0.1, -0.05) is 12.1 Å². The molecule has 1 aliphatic rings. The third-order valence-corrected chi connectivity index (χ3v) is 4.13. The lowest BCUT2D eigenvalue weighted by Gasteiger charge is -2.29. The molecule has 1 saturated heterocycles. The Bertz CT molecular complexity index is 698. The highest BCUT2D eigenvalue weighted by molar-refractivity contribution is 6.04. The molecule has 0 unspecified atom stereocenters. The highest BCUT2D eigenvalue weighted by Crippen LogP contribution is 2.22. The zero-order chi connectivity index (χ0) is 17.6. The van der Waals surface area contributed by atoms with E-state index in [2.05, 4.69) is 17.6 Å². The summed E-state index contributed by atoms with van der Waals surface area (Å²) in [5.74, 6) is 0.659. The largest absolute Gasteiger partial charge is 0.494 e. The van der Waals surface area contributed by atoms with Crippen LogP contribution in [0.3, 0.4) is 0 Å². The number of hydrogen-bond acceptors (Lipinski definition) is 4. The van der Waals surface area contributed by atoms with Crippen LogP contribution in [0.25, 0.3) is 0 Å². The van der Waals surface area contributed by atoms with Crippen LogP contribution in [-0.4, -0.2) is 31.7 Å². The number of anilines is 1. The average molecular weight is 340 g/mol. The van der Waals surface area contributed by atoms with E-state index in [-0.39, 0.29) is 18.1 Å². The SMILES string of the molecule is CCOc1ccc(NC(=O)c2ccc([C@H]3CNC[C@@H](C)O3)cc2)cc1. The number of rotatable bonds is 5. The van der Waals surface area contributed by atoms with Gasteiger partial charge < -0.3 is 20.1 Å². The minimum Gasteiger partial charge on any atom is -0.494 e. The molecule has 2 N–H and O–H groups in total. The molecule has 0 aromatic heterocycles. The van der Waals surface area contributed by atoms with Crippen LogP contribution in [0.2, 0.25) is 0 Å². The molecule has 0 radical (unpaired) electrons. The predicted octanol–water partition coefficient (Wildman–Crippen LogP) is 3.39. The molecule has 0 bridgehead atoms. The summed E-state index contributed by atoms with van der Waals surface area (Å²) in [4.78, 5) is 12.4. The number of benzene rings is 2. The van der Waals surface area contributed by atoms with Crippen LogP contribution in [-0.2, 0) is 4.74 Å². The molecule has 132 valence electrons. The summed E-state index contributed by atoms with van der Waals surface area (Å²) >= 11 is 0. The first-order chi connectivity index (χ1) is 12.2. The van der Waals surface area contributed by atoms with Gasteiger partial charge in [-0.05, 0) is 55.8 Å². The second-order valence-electron chi connectivity index (χ2n) is 6.13. The van der Waals surface area contributed by atoms with Crippen LogP contribution >= 0.6 is 0 Å². The van der Waals surface area contributed by atoms with E-state index in [4.69, 9.17) is 9.47 Å². The molecule has 1 fully saturated rings. The smallest absolute Gasteiger partial charge is 0.255 e. The summed E-state index contributed by atoms with van der Waals surface area (Å²) in [6.45, 7) is 6.28. The van der Waals surface area contributed by atoms with E-state index in [9.17, 15) is 4.79 Å². The number of carbonyl (C=O) groups is 1. The van der Waals surface area contributed by atoms with Crippen LogP contribution in [0.15, 0.2) is 48.5 Å². The molecule has 25 heavy (non-hydrogen) atoms. The van der Waals surface area contributed by atoms with E-state index in [0.717, 1.165) is 30.1 Å². The van der Waals surface area contributed by atoms with Crippen molar-refractivity contribution >= 4 is 11.6 Å². The second-order valence-corrected chi connectivity index (χ2v) is 6.13. The van der Waals surface area contributed by atoms with Gasteiger partial charge in [0.2, 0.25) is 0 Å². The van der Waals surface area contributed by atoms with Gasteiger partial charge >= 0.3 is 0 Å². The zero-order valence-electron chi connectivity index (χ0n) is 14.6. The Morgan fingerprint density at radius 1 is 1.16 bits per heavy atom. The molecular weight excluding hydrogens is 316 g/mol. The molecule has 1 heterocycles. The van der Waals surface area contributed by atoms with Gasteiger partial charge in [0, 0.05) is 24.3 Å². The molecule has 1 aliphatic heterocycles. The topological polar surface area (TPSA) is 59.6 Å². The van der Waals surface area contributed by atoms with E-state index in [1.807, 2.05) is 55.5 Å². The molecular formula is C20H24N2O3. The first-order valence-corrected chi connectivity index (χ1v) is 8.66. The second kappa shape index (κ2) is 8.14. The van der Waals surface area contributed by atoms with Gasteiger partial charge in [-0.2, -0.15) is 0 Å². The van der Waals surface area contributed by atoms with E-state index in [1.165, 1.54) is 0 Å². The van der Waals surface area contributed by atoms with E-state index in [1.54, 1.807) is 0 Å². The summed E-state index contributed by atoms with van der Waals surface area (Å²) in [6, 6.07) is 14.9. The van der Waals surface area contributed by atoms with Crippen molar-refractivity contribution in [1.82, 2.24) is 5.32 Å². The van der Waals surface area contributed by atoms with Gasteiger partial charge in [0.1, 0.15) is 5.75 Å². The lowest BCUT2D eigenvalue weighted by Crippen LogP contribution is -2.38. The fourth-order valence-corrected chi connectivity index (χ4v) is 2.84. The molecule has 2 atom stereocenters. The van der Waals surface area contributed by atoms with Crippen LogP contribution in [0, 0.1) is 0 Å². The fraction of sp³-hybridized carbons (Fsp3) is 0.350. The molecule has 1 amide bonds. The highest BCUT2D eigenvalue weighted by atomic mass is 16.5. The molecule has 3 rings (SSSR count). The van der Waals surface area contributed by atoms with Gasteiger partial charge in [0.25, 0.3) is 5.91 Å². The third-order valence-electron chi connectivity index (χ3n) is 4.13. The van der Waals surface area contributed by atoms with E-state index < -0.39 is 0 Å². The van der Waals surface area contributed by atoms with Crippen LogP contribution in [0.5, 0.6) is 5.75 Å². The molecule has 5 nitrogen and oxygen atoms in total. The van der Waals surface area contributed by atoms with E-state index >= 15 is 0 Å². The fourth-order valence-electron chi connectivity index (χ4n) is 2.84. The van der Waals surface area contributed by atoms with Crippen LogP contribution in [0.4, 0.5) is 5.69 Å². The van der Waals surface area contributed by atoms with Crippen molar-refractivity contribution in [1.29, 1.82) is 0 Å². The summed E-state index contributed by atoms with van der Waals surface area (Å²) in [7, 11) is 0. The Labute approximate surface area is 148 Å². The maximum atomic E-state index is 12.4. The Kier molecular flexibility index (Phi) is 5.68. The Morgan fingerprint density at radius 3 is 2.52 bits per heavy atom. The number of hydrogen-bond donors (Lipinski definition) is 2. The van der Waals surface area contributed by atoms with Crippen molar-refractivity contribution in [3.05, 3.63) is 59.7 Å². The standard InChI is InChI=1S/C20H24N2O3/c1-3-24-18-10-8-17(9-11-18)22-20(23)16-6-4-15(5-7-16)19-13-21-12-14(2)25-19/h4-11,14,19,21H,3,12-13H2,1-2H3,(H,22,23)/t14-,19-/m1/s1. The van der Waals surface area contributed by atoms with Gasteiger partial charge in [0.05, 0.1) is 18.8 Å². The van der Waals surface area contributed by atoms with Crippen LogP contribution in [0.1, 0.15) is 35.9 Å². The third kappa shape index (κ3) is 4.59. The van der Waals surface area contributed by atoms with Crippen molar-refractivity contribution in [2.75, 3.05) is 25.0 Å². The van der Waals surface area contributed by atoms with Gasteiger partial charge in [-0.3, -0.25) is 4.79 Å². The number of ether oxygens (including phenoxy) is 2. The first-order valence-electron chi connectivity index (χ1n) is 8.66. The molecule has 2 aromatic rings. The first kappa shape index (κ1) is 17.5. The lowest BCUT2D eigenvalue weighted by atomic mass is 10.0. The maximum absolute atomic E-state index is 12.4. The molecule has 0 saturated carbocycles.